The third-order valence-corrected chi connectivity index (χ3v) is 9.10. The predicted octanol–water partition coefficient (Wildman–Crippen LogP) is 6.43. The van der Waals surface area contributed by atoms with Crippen LogP contribution in [0.5, 0.6) is 0 Å². The van der Waals surface area contributed by atoms with Crippen LogP contribution in [0.3, 0.4) is 0 Å². The van der Waals surface area contributed by atoms with E-state index in [1.54, 1.807) is 17.2 Å². The molecule has 1 heterocycles. The zero-order chi connectivity index (χ0) is 36.0. The molecule has 1 aromatic heterocycles. The van der Waals surface area contributed by atoms with Gasteiger partial charge >= 0.3 is 17.9 Å². The number of aromatic nitrogens is 1. The van der Waals surface area contributed by atoms with E-state index in [-0.39, 0.29) is 61.8 Å². The fourth-order valence-electron chi connectivity index (χ4n) is 5.24. The van der Waals surface area contributed by atoms with Crippen LogP contribution in [-0.4, -0.2) is 63.5 Å². The lowest BCUT2D eigenvalue weighted by atomic mass is 9.95. The van der Waals surface area contributed by atoms with Gasteiger partial charge in [0.05, 0.1) is 5.92 Å². The fourth-order valence-corrected chi connectivity index (χ4v) is 6.08. The van der Waals surface area contributed by atoms with Gasteiger partial charge in [-0.2, -0.15) is 0 Å². The number of carbonyl (C=O) groups excluding carboxylic acids is 4. The molecule has 266 valence electrons. The number of carboxylic acid groups (broad SMARTS) is 1. The summed E-state index contributed by atoms with van der Waals surface area (Å²) in [6.07, 6.45) is 1.26. The zero-order valence-corrected chi connectivity index (χ0v) is 30.4. The molecule has 0 bridgehead atoms. The third kappa shape index (κ3) is 13.7. The number of amides is 2. The van der Waals surface area contributed by atoms with Crippen LogP contribution >= 0.6 is 11.3 Å². The van der Waals surface area contributed by atoms with E-state index in [1.165, 1.54) is 6.92 Å². The van der Waals surface area contributed by atoms with E-state index in [2.05, 4.69) is 10.3 Å². The molecule has 2 amide bonds. The molecule has 0 saturated carbocycles. The molecule has 0 radical (unpaired) electrons. The van der Waals surface area contributed by atoms with Crippen LogP contribution in [0.4, 0.5) is 0 Å². The van der Waals surface area contributed by atoms with Gasteiger partial charge in [0.2, 0.25) is 5.91 Å². The zero-order valence-electron chi connectivity index (χ0n) is 29.6. The number of aliphatic carboxylic acids is 1. The molecular weight excluding hydrogens is 634 g/mol. The number of carbonyl (C=O) groups is 5. The van der Waals surface area contributed by atoms with Crippen molar-refractivity contribution in [2.45, 2.75) is 112 Å². The minimum atomic E-state index is -0.950. The fraction of sp³-hybridized carbons (Fsp3) is 0.611. The summed E-state index contributed by atoms with van der Waals surface area (Å²) in [6.45, 7) is 14.4. The Morgan fingerprint density at radius 1 is 0.979 bits per heavy atom. The number of nitrogens with one attached hydrogen (secondary N) is 1. The molecule has 11 nitrogen and oxygen atoms in total. The Morgan fingerprint density at radius 2 is 1.65 bits per heavy atom. The molecule has 0 fully saturated rings. The Kier molecular flexibility index (Phi) is 16.7. The summed E-state index contributed by atoms with van der Waals surface area (Å²) < 4.78 is 11.3. The number of hydrogen-bond acceptors (Lipinski definition) is 9. The highest BCUT2D eigenvalue weighted by Gasteiger charge is 2.34. The lowest BCUT2D eigenvalue weighted by molar-refractivity contribution is -0.158. The number of ether oxygens (including phenoxy) is 2. The van der Waals surface area contributed by atoms with Crippen LogP contribution in [0.1, 0.15) is 115 Å². The van der Waals surface area contributed by atoms with Gasteiger partial charge < -0.3 is 24.8 Å². The van der Waals surface area contributed by atoms with E-state index < -0.39 is 47.9 Å². The highest BCUT2D eigenvalue weighted by atomic mass is 32.1. The predicted molar refractivity (Wildman–Crippen MR) is 184 cm³/mol. The molecule has 0 aliphatic heterocycles. The smallest absolute Gasteiger partial charge is 0.307 e. The molecule has 1 aromatic carbocycles. The molecule has 2 rings (SSSR count). The average molecular weight is 688 g/mol. The first kappa shape index (κ1) is 40.4. The van der Waals surface area contributed by atoms with Crippen molar-refractivity contribution in [3.63, 3.8) is 0 Å². The van der Waals surface area contributed by atoms with Gasteiger partial charge in [0.15, 0.2) is 12.8 Å². The number of thiazole rings is 1. The number of nitrogens with zero attached hydrogens (tertiary/aromatic N) is 2. The van der Waals surface area contributed by atoms with Crippen LogP contribution in [0, 0.1) is 23.7 Å². The van der Waals surface area contributed by atoms with Crippen LogP contribution < -0.4 is 5.32 Å². The molecule has 4 unspecified atom stereocenters. The maximum absolute atomic E-state index is 13.6. The second-order valence-corrected chi connectivity index (χ2v) is 14.3. The number of benzene rings is 1. The van der Waals surface area contributed by atoms with Crippen molar-refractivity contribution in [1.82, 2.24) is 15.2 Å². The molecule has 0 aliphatic carbocycles. The maximum Gasteiger partial charge on any atom is 0.307 e. The Bertz CT molecular complexity index is 1350. The number of esters is 2. The topological polar surface area (TPSA) is 152 Å². The maximum atomic E-state index is 13.6. The van der Waals surface area contributed by atoms with Gasteiger partial charge in [-0.05, 0) is 36.2 Å². The highest BCUT2D eigenvalue weighted by molar-refractivity contribution is 7.09. The van der Waals surface area contributed by atoms with Gasteiger partial charge in [-0.15, -0.1) is 11.3 Å². The minimum absolute atomic E-state index is 0.0986. The molecule has 0 spiro atoms. The summed E-state index contributed by atoms with van der Waals surface area (Å²) in [5, 5.41) is 14.4. The normalized spacial score (nSPS) is 14.5. The Hall–Kier alpha value is -3.80. The minimum Gasteiger partial charge on any atom is -0.481 e. The molecule has 48 heavy (non-hydrogen) atoms. The second-order valence-electron chi connectivity index (χ2n) is 13.4. The summed E-state index contributed by atoms with van der Waals surface area (Å²) in [5.74, 6) is -3.10. The van der Waals surface area contributed by atoms with E-state index in [4.69, 9.17) is 9.47 Å². The Morgan fingerprint density at radius 3 is 2.21 bits per heavy atom. The molecule has 0 aliphatic rings. The van der Waals surface area contributed by atoms with Crippen molar-refractivity contribution in [1.29, 1.82) is 0 Å². The number of hydrogen-bond donors (Lipinski definition) is 2. The first-order valence-electron chi connectivity index (χ1n) is 16.8. The standard InChI is InChI=1S/C36H53N3O8S/c1-9-24(6)16-32(41)39(21-46-33(42)15-22(2)3)30(23(4)5)19-31(47-26(8)40)35-38-29(20-48-35)34(43)37-28(17-25(7)36(44)45)18-27-13-11-10-12-14-27/h10-14,20,22-25,28,30-31H,9,15-19,21H2,1-8H3,(H,37,43)(H,44,45)/t24-,25?,28?,30?,31?/m0/s1. The molecule has 2 aromatic rings. The van der Waals surface area contributed by atoms with Gasteiger partial charge in [0.25, 0.3) is 5.91 Å². The van der Waals surface area contributed by atoms with Crippen LogP contribution in [0.15, 0.2) is 35.7 Å². The van der Waals surface area contributed by atoms with Gasteiger partial charge in [0, 0.05) is 43.6 Å². The summed E-state index contributed by atoms with van der Waals surface area (Å²) in [7, 11) is 0. The van der Waals surface area contributed by atoms with Crippen LogP contribution in [-0.2, 0) is 35.1 Å². The van der Waals surface area contributed by atoms with Gasteiger partial charge in [-0.3, -0.25) is 24.0 Å². The molecular formula is C36H53N3O8S. The molecule has 5 atom stereocenters. The highest BCUT2D eigenvalue weighted by Crippen LogP contribution is 2.31. The number of carboxylic acids is 1. The molecule has 2 N–H and O–H groups in total. The summed E-state index contributed by atoms with van der Waals surface area (Å²) in [5.41, 5.74) is 1.07. The summed E-state index contributed by atoms with van der Waals surface area (Å²) in [6, 6.07) is 8.55. The van der Waals surface area contributed by atoms with E-state index >= 15 is 0 Å². The van der Waals surface area contributed by atoms with Gasteiger partial charge in [0.1, 0.15) is 10.7 Å². The first-order chi connectivity index (χ1) is 22.6. The van der Waals surface area contributed by atoms with Crippen molar-refractivity contribution in [2.75, 3.05) is 6.73 Å². The number of rotatable bonds is 20. The summed E-state index contributed by atoms with van der Waals surface area (Å²) >= 11 is 1.16. The Balaban J connectivity index is 2.35. The second kappa shape index (κ2) is 19.9. The first-order valence-corrected chi connectivity index (χ1v) is 17.6. The lowest BCUT2D eigenvalue weighted by Crippen LogP contribution is -2.46. The molecule has 12 heteroatoms. The van der Waals surface area contributed by atoms with E-state index in [0.29, 0.717) is 11.4 Å². The average Bonchev–Trinajstić information content (AvgIpc) is 3.50. The van der Waals surface area contributed by atoms with Crippen molar-refractivity contribution < 1.29 is 38.6 Å². The largest absolute Gasteiger partial charge is 0.481 e. The van der Waals surface area contributed by atoms with Crippen molar-refractivity contribution in [3.8, 4) is 0 Å². The monoisotopic (exact) mass is 687 g/mol. The summed E-state index contributed by atoms with van der Waals surface area (Å²) in [4.78, 5) is 69.5. The van der Waals surface area contributed by atoms with E-state index in [1.807, 2.05) is 71.9 Å². The van der Waals surface area contributed by atoms with Crippen molar-refractivity contribution >= 4 is 41.1 Å². The van der Waals surface area contributed by atoms with Crippen molar-refractivity contribution in [3.05, 3.63) is 52.0 Å². The van der Waals surface area contributed by atoms with Crippen LogP contribution in [0.2, 0.25) is 0 Å². The van der Waals surface area contributed by atoms with Gasteiger partial charge in [-0.1, -0.05) is 85.2 Å². The third-order valence-electron chi connectivity index (χ3n) is 8.16. The van der Waals surface area contributed by atoms with Crippen molar-refractivity contribution in [2.24, 2.45) is 23.7 Å². The SMILES string of the molecule is CC[C@H](C)CC(=O)N(COC(=O)CC(C)C)C(CC(OC(C)=O)c1nc(C(=O)NC(Cc2ccccc2)CC(C)C(=O)O)cs1)C(C)C. The van der Waals surface area contributed by atoms with Crippen LogP contribution in [0.25, 0.3) is 0 Å². The van der Waals surface area contributed by atoms with Gasteiger partial charge in [-0.25, -0.2) is 4.98 Å². The quantitative estimate of drug-likeness (QED) is 0.119. The lowest BCUT2D eigenvalue weighted by Gasteiger charge is -2.36. The molecule has 0 saturated heterocycles. The van der Waals surface area contributed by atoms with E-state index in [9.17, 15) is 29.1 Å². The van der Waals surface area contributed by atoms with E-state index in [0.717, 1.165) is 23.3 Å². The Labute approximate surface area is 288 Å².